The molecule has 0 aliphatic carbocycles. The molecule has 2 aromatic rings. The molecule has 1 aliphatic rings. The molecule has 1 N–H and O–H groups in total. The Balaban J connectivity index is 1.81. The summed E-state index contributed by atoms with van der Waals surface area (Å²) in [6.45, 7) is 7.46. The van der Waals surface area contributed by atoms with Crippen molar-refractivity contribution < 1.29 is 4.79 Å². The first-order valence-electron chi connectivity index (χ1n) is 8.38. The Morgan fingerprint density at radius 2 is 2.21 bits per heavy atom. The molecule has 3 rings (SSSR count). The zero-order valence-corrected chi connectivity index (χ0v) is 14.4. The van der Waals surface area contributed by atoms with Gasteiger partial charge in [0.05, 0.1) is 0 Å². The van der Waals surface area contributed by atoms with Gasteiger partial charge in [-0.15, -0.1) is 0 Å². The Bertz CT molecular complexity index is 732. The molecule has 0 saturated carbocycles. The number of carbonyl (C=O) groups excluding carboxylic acids is 1. The first kappa shape index (κ1) is 16.4. The van der Waals surface area contributed by atoms with Crippen molar-refractivity contribution in [3.8, 4) is 11.4 Å². The number of carbonyl (C=O) groups is 1. The topological polar surface area (TPSA) is 71.0 Å². The van der Waals surface area contributed by atoms with Crippen molar-refractivity contribution in [2.45, 2.75) is 39.7 Å². The highest BCUT2D eigenvalue weighted by molar-refractivity contribution is 5.76. The quantitative estimate of drug-likeness (QED) is 0.935. The van der Waals surface area contributed by atoms with Crippen LogP contribution in [0.1, 0.15) is 31.0 Å². The standard InChI is InChI=1S/C18H23N5O/c1-4-16(24)23-9-7-15(11-23)21-17-12(2)13(3)20-18(22-17)14-6-5-8-19-10-14/h5-6,8,10,15H,4,7,9,11H2,1-3H3,(H,20,21,22). The maximum absolute atomic E-state index is 11.8. The minimum absolute atomic E-state index is 0.214. The van der Waals surface area contributed by atoms with Crippen LogP contribution in [0, 0.1) is 13.8 Å². The van der Waals surface area contributed by atoms with Gasteiger partial charge in [-0.05, 0) is 32.4 Å². The van der Waals surface area contributed by atoms with Crippen LogP contribution in [0.15, 0.2) is 24.5 Å². The smallest absolute Gasteiger partial charge is 0.222 e. The van der Waals surface area contributed by atoms with Crippen molar-refractivity contribution >= 4 is 11.7 Å². The van der Waals surface area contributed by atoms with Gasteiger partial charge in [0, 0.05) is 54.8 Å². The Hall–Kier alpha value is -2.50. The van der Waals surface area contributed by atoms with Crippen molar-refractivity contribution in [2.24, 2.45) is 0 Å². The van der Waals surface area contributed by atoms with E-state index in [1.165, 1.54) is 0 Å². The zero-order chi connectivity index (χ0) is 17.1. The van der Waals surface area contributed by atoms with E-state index in [0.29, 0.717) is 12.2 Å². The maximum Gasteiger partial charge on any atom is 0.222 e. The molecule has 0 aromatic carbocycles. The second kappa shape index (κ2) is 6.95. The van der Waals surface area contributed by atoms with Crippen LogP contribution in [0.3, 0.4) is 0 Å². The molecule has 6 nitrogen and oxygen atoms in total. The van der Waals surface area contributed by atoms with Crippen molar-refractivity contribution in [1.29, 1.82) is 0 Å². The number of aromatic nitrogens is 3. The van der Waals surface area contributed by atoms with Gasteiger partial charge in [-0.1, -0.05) is 6.92 Å². The second-order valence-electron chi connectivity index (χ2n) is 6.17. The summed E-state index contributed by atoms with van der Waals surface area (Å²) in [7, 11) is 0. The van der Waals surface area contributed by atoms with Crippen molar-refractivity contribution in [3.05, 3.63) is 35.8 Å². The third-order valence-electron chi connectivity index (χ3n) is 4.49. The number of hydrogen-bond donors (Lipinski definition) is 1. The maximum atomic E-state index is 11.8. The third-order valence-corrected chi connectivity index (χ3v) is 4.49. The summed E-state index contributed by atoms with van der Waals surface area (Å²) in [6.07, 6.45) is 5.01. The van der Waals surface area contributed by atoms with Crippen molar-refractivity contribution in [1.82, 2.24) is 19.9 Å². The normalized spacial score (nSPS) is 17.1. The number of hydrogen-bond acceptors (Lipinski definition) is 5. The van der Waals surface area contributed by atoms with Gasteiger partial charge in [-0.25, -0.2) is 9.97 Å². The van der Waals surface area contributed by atoms with E-state index in [1.54, 1.807) is 12.4 Å². The van der Waals surface area contributed by atoms with Crippen LogP contribution >= 0.6 is 0 Å². The fourth-order valence-corrected chi connectivity index (χ4v) is 2.92. The summed E-state index contributed by atoms with van der Waals surface area (Å²) in [5.41, 5.74) is 2.90. The fourth-order valence-electron chi connectivity index (χ4n) is 2.92. The SMILES string of the molecule is CCC(=O)N1CCC(Nc2nc(-c3cccnc3)nc(C)c2C)C1. The average molecular weight is 325 g/mol. The molecule has 1 atom stereocenters. The molecule has 1 unspecified atom stereocenters. The first-order valence-corrected chi connectivity index (χ1v) is 8.38. The number of aryl methyl sites for hydroxylation is 1. The number of anilines is 1. The highest BCUT2D eigenvalue weighted by Crippen LogP contribution is 2.23. The lowest BCUT2D eigenvalue weighted by molar-refractivity contribution is -0.129. The van der Waals surface area contributed by atoms with Crippen LogP contribution in [0.25, 0.3) is 11.4 Å². The molecular formula is C18H23N5O. The van der Waals surface area contributed by atoms with Gasteiger partial charge in [-0.3, -0.25) is 9.78 Å². The van der Waals surface area contributed by atoms with Gasteiger partial charge in [0.2, 0.25) is 5.91 Å². The van der Waals surface area contributed by atoms with E-state index in [-0.39, 0.29) is 11.9 Å². The number of pyridine rings is 1. The molecule has 0 spiro atoms. The van der Waals surface area contributed by atoms with Gasteiger partial charge in [0.15, 0.2) is 5.82 Å². The second-order valence-corrected chi connectivity index (χ2v) is 6.17. The lowest BCUT2D eigenvalue weighted by atomic mass is 10.2. The summed E-state index contributed by atoms with van der Waals surface area (Å²) in [6, 6.07) is 4.07. The highest BCUT2D eigenvalue weighted by atomic mass is 16.2. The van der Waals surface area contributed by atoms with E-state index < -0.39 is 0 Å². The van der Waals surface area contributed by atoms with Crippen molar-refractivity contribution in [2.75, 3.05) is 18.4 Å². The highest BCUT2D eigenvalue weighted by Gasteiger charge is 2.26. The van der Waals surface area contributed by atoms with Gasteiger partial charge >= 0.3 is 0 Å². The molecular weight excluding hydrogens is 302 g/mol. The van der Waals surface area contributed by atoms with E-state index in [9.17, 15) is 4.79 Å². The Morgan fingerprint density at radius 1 is 1.38 bits per heavy atom. The minimum atomic E-state index is 0.214. The third kappa shape index (κ3) is 3.37. The van der Waals surface area contributed by atoms with Crippen LogP contribution in [0.2, 0.25) is 0 Å². The molecule has 6 heteroatoms. The lowest BCUT2D eigenvalue weighted by Crippen LogP contribution is -2.31. The van der Waals surface area contributed by atoms with Crippen molar-refractivity contribution in [3.63, 3.8) is 0 Å². The Labute approximate surface area is 142 Å². The number of rotatable bonds is 4. The predicted octanol–water partition coefficient (Wildman–Crippen LogP) is 2.58. The van der Waals surface area contributed by atoms with E-state index >= 15 is 0 Å². The van der Waals surface area contributed by atoms with E-state index in [4.69, 9.17) is 4.98 Å². The lowest BCUT2D eigenvalue weighted by Gasteiger charge is -2.18. The zero-order valence-electron chi connectivity index (χ0n) is 14.4. The molecule has 1 amide bonds. The molecule has 126 valence electrons. The van der Waals surface area contributed by atoms with Gasteiger partial charge in [0.1, 0.15) is 5.82 Å². The van der Waals surface area contributed by atoms with Gasteiger partial charge < -0.3 is 10.2 Å². The minimum Gasteiger partial charge on any atom is -0.365 e. The van der Waals surface area contributed by atoms with Crippen LogP contribution < -0.4 is 5.32 Å². The van der Waals surface area contributed by atoms with Crippen LogP contribution in [0.4, 0.5) is 5.82 Å². The first-order chi connectivity index (χ1) is 11.6. The summed E-state index contributed by atoms with van der Waals surface area (Å²) in [5.74, 6) is 1.73. The number of amides is 1. The monoisotopic (exact) mass is 325 g/mol. The molecule has 1 fully saturated rings. The molecule has 24 heavy (non-hydrogen) atoms. The average Bonchev–Trinajstić information content (AvgIpc) is 3.07. The molecule has 2 aromatic heterocycles. The van der Waals surface area contributed by atoms with E-state index in [2.05, 4.69) is 15.3 Å². The summed E-state index contributed by atoms with van der Waals surface area (Å²) < 4.78 is 0. The molecule has 1 saturated heterocycles. The number of nitrogens with one attached hydrogen (secondary N) is 1. The van der Waals surface area contributed by atoms with Gasteiger partial charge in [0.25, 0.3) is 0 Å². The van der Waals surface area contributed by atoms with Crippen LogP contribution in [-0.2, 0) is 4.79 Å². The molecule has 0 bridgehead atoms. The summed E-state index contributed by atoms with van der Waals surface area (Å²) >= 11 is 0. The largest absolute Gasteiger partial charge is 0.365 e. The summed E-state index contributed by atoms with van der Waals surface area (Å²) in [4.78, 5) is 27.2. The number of nitrogens with zero attached hydrogens (tertiary/aromatic N) is 4. The van der Waals surface area contributed by atoms with E-state index in [1.807, 2.05) is 37.8 Å². The summed E-state index contributed by atoms with van der Waals surface area (Å²) in [5, 5.41) is 3.50. The van der Waals surface area contributed by atoms with Crippen LogP contribution in [-0.4, -0.2) is 44.9 Å². The molecule has 1 aliphatic heterocycles. The Morgan fingerprint density at radius 3 is 2.92 bits per heavy atom. The molecule has 0 radical (unpaired) electrons. The van der Waals surface area contributed by atoms with E-state index in [0.717, 1.165) is 42.1 Å². The fraction of sp³-hybridized carbons (Fsp3) is 0.444. The van der Waals surface area contributed by atoms with Gasteiger partial charge in [-0.2, -0.15) is 0 Å². The Kier molecular flexibility index (Phi) is 4.74. The number of likely N-dealkylation sites (tertiary alicyclic amines) is 1. The molecule has 3 heterocycles. The predicted molar refractivity (Wildman–Crippen MR) is 93.6 cm³/mol. The van der Waals surface area contributed by atoms with Crippen LogP contribution in [0.5, 0.6) is 0 Å².